The van der Waals surface area contributed by atoms with Crippen LogP contribution >= 0.6 is 11.8 Å². The lowest BCUT2D eigenvalue weighted by atomic mass is 10.3. The summed E-state index contributed by atoms with van der Waals surface area (Å²) in [7, 11) is 1.34. The predicted molar refractivity (Wildman–Crippen MR) is 73.9 cm³/mol. The summed E-state index contributed by atoms with van der Waals surface area (Å²) < 4.78 is 4.66. The molecule has 0 aliphatic heterocycles. The fourth-order valence-corrected chi connectivity index (χ4v) is 2.29. The van der Waals surface area contributed by atoms with Gasteiger partial charge in [0.05, 0.1) is 18.4 Å². The van der Waals surface area contributed by atoms with Crippen LogP contribution in [0.1, 0.15) is 10.4 Å². The maximum Gasteiger partial charge on any atom is 0.337 e. The number of ether oxygens (including phenoxy) is 1. The van der Waals surface area contributed by atoms with E-state index in [-0.39, 0.29) is 0 Å². The number of hydrogen-bond donors (Lipinski definition) is 0. The van der Waals surface area contributed by atoms with Crippen molar-refractivity contribution in [2.24, 2.45) is 4.99 Å². The van der Waals surface area contributed by atoms with Crippen LogP contribution in [0.3, 0.4) is 0 Å². The van der Waals surface area contributed by atoms with Gasteiger partial charge in [0.25, 0.3) is 0 Å². The quantitative estimate of drug-likeness (QED) is 0.491. The Morgan fingerprint density at radius 2 is 2.05 bits per heavy atom. The third kappa shape index (κ3) is 3.54. The van der Waals surface area contributed by atoms with Crippen molar-refractivity contribution in [2.75, 3.05) is 7.11 Å². The summed E-state index contributed by atoms with van der Waals surface area (Å²) in [6.45, 7) is 0. The van der Waals surface area contributed by atoms with Crippen molar-refractivity contribution in [1.82, 2.24) is 4.98 Å². The second kappa shape index (κ2) is 6.65. The van der Waals surface area contributed by atoms with E-state index < -0.39 is 5.97 Å². The lowest BCUT2D eigenvalue weighted by Gasteiger charge is -2.03. The number of hydrogen-bond acceptors (Lipinski definition) is 6. The van der Waals surface area contributed by atoms with Crippen LogP contribution in [-0.2, 0) is 9.53 Å². The molecule has 0 spiro atoms. The SMILES string of the molecule is COC(=O)c1ccnc(Sc2ccc(N=C=O)cc2)c1. The van der Waals surface area contributed by atoms with Gasteiger partial charge in [0.2, 0.25) is 6.08 Å². The number of aliphatic imine (C=N–C) groups is 1. The average molecular weight is 286 g/mol. The molecule has 0 N–H and O–H groups in total. The highest BCUT2D eigenvalue weighted by Gasteiger charge is 2.07. The molecule has 2 aromatic rings. The molecule has 100 valence electrons. The zero-order chi connectivity index (χ0) is 14.4. The Morgan fingerprint density at radius 1 is 1.30 bits per heavy atom. The number of pyridine rings is 1. The predicted octanol–water partition coefficient (Wildman–Crippen LogP) is 2.99. The average Bonchev–Trinajstić information content (AvgIpc) is 2.49. The van der Waals surface area contributed by atoms with Crippen LogP contribution < -0.4 is 0 Å². The molecule has 0 atom stereocenters. The topological polar surface area (TPSA) is 68.6 Å². The fourth-order valence-electron chi connectivity index (χ4n) is 1.47. The fraction of sp³-hybridized carbons (Fsp3) is 0.0714. The summed E-state index contributed by atoms with van der Waals surface area (Å²) in [5.41, 5.74) is 0.993. The van der Waals surface area contributed by atoms with Gasteiger partial charge in [0.15, 0.2) is 0 Å². The molecule has 1 aromatic carbocycles. The van der Waals surface area contributed by atoms with Crippen molar-refractivity contribution in [2.45, 2.75) is 9.92 Å². The Labute approximate surface area is 119 Å². The van der Waals surface area contributed by atoms with Gasteiger partial charge >= 0.3 is 5.97 Å². The number of methoxy groups -OCH3 is 1. The molecule has 0 unspecified atom stereocenters. The van der Waals surface area contributed by atoms with Gasteiger partial charge in [-0.15, -0.1) is 0 Å². The minimum atomic E-state index is -0.398. The maximum atomic E-state index is 11.4. The molecule has 6 heteroatoms. The van der Waals surface area contributed by atoms with Gasteiger partial charge in [0.1, 0.15) is 5.03 Å². The van der Waals surface area contributed by atoms with Crippen molar-refractivity contribution in [3.63, 3.8) is 0 Å². The van der Waals surface area contributed by atoms with Gasteiger partial charge in [-0.25, -0.2) is 14.6 Å². The van der Waals surface area contributed by atoms with Gasteiger partial charge in [-0.2, -0.15) is 4.99 Å². The van der Waals surface area contributed by atoms with Crippen molar-refractivity contribution < 1.29 is 14.3 Å². The summed E-state index contributed by atoms with van der Waals surface area (Å²) in [6.07, 6.45) is 3.04. The molecule has 0 aliphatic carbocycles. The zero-order valence-electron chi connectivity index (χ0n) is 10.6. The van der Waals surface area contributed by atoms with Crippen LogP contribution in [-0.4, -0.2) is 24.1 Å². The highest BCUT2D eigenvalue weighted by Crippen LogP contribution is 2.28. The third-order valence-corrected chi connectivity index (χ3v) is 3.33. The van der Waals surface area contributed by atoms with Crippen molar-refractivity contribution >= 4 is 29.5 Å². The number of benzene rings is 1. The number of rotatable bonds is 4. The van der Waals surface area contributed by atoms with E-state index in [1.165, 1.54) is 25.0 Å². The maximum absolute atomic E-state index is 11.4. The summed E-state index contributed by atoms with van der Waals surface area (Å²) in [5.74, 6) is -0.398. The number of carbonyl (C=O) groups excluding carboxylic acids is 2. The minimum absolute atomic E-state index is 0.398. The first-order valence-corrected chi connectivity index (χ1v) is 6.45. The van der Waals surface area contributed by atoms with E-state index in [1.54, 1.807) is 30.5 Å². The van der Waals surface area contributed by atoms with Crippen molar-refractivity contribution in [3.05, 3.63) is 48.2 Å². The Morgan fingerprint density at radius 3 is 2.70 bits per heavy atom. The standard InChI is InChI=1S/C14H10N2O3S/c1-19-14(18)10-6-7-15-13(8-10)20-12-4-2-11(3-5-12)16-9-17/h2-8H,1H3. The van der Waals surface area contributed by atoms with Crippen LogP contribution in [0.15, 0.2) is 57.5 Å². The second-order valence-corrected chi connectivity index (χ2v) is 4.77. The van der Waals surface area contributed by atoms with E-state index in [2.05, 4.69) is 14.7 Å². The van der Waals surface area contributed by atoms with E-state index in [0.717, 1.165) is 4.90 Å². The molecular weight excluding hydrogens is 276 g/mol. The molecule has 0 fully saturated rings. The summed E-state index contributed by atoms with van der Waals surface area (Å²) in [4.78, 5) is 30.2. The van der Waals surface area contributed by atoms with Crippen LogP contribution in [0.5, 0.6) is 0 Å². The largest absolute Gasteiger partial charge is 0.465 e. The van der Waals surface area contributed by atoms with Crippen molar-refractivity contribution in [3.8, 4) is 0 Å². The second-order valence-electron chi connectivity index (χ2n) is 3.67. The lowest BCUT2D eigenvalue weighted by Crippen LogP contribution is -2.01. The normalized spacial score (nSPS) is 9.65. The molecule has 0 aliphatic rings. The molecule has 0 saturated heterocycles. The Kier molecular flexibility index (Phi) is 4.65. The summed E-state index contributed by atoms with van der Waals surface area (Å²) in [6, 6.07) is 10.3. The summed E-state index contributed by atoms with van der Waals surface area (Å²) >= 11 is 1.40. The number of aromatic nitrogens is 1. The first kappa shape index (κ1) is 14.0. The van der Waals surface area contributed by atoms with Crippen molar-refractivity contribution in [1.29, 1.82) is 0 Å². The molecule has 0 bridgehead atoms. The Bertz CT molecular complexity index is 664. The third-order valence-electron chi connectivity index (χ3n) is 2.39. The first-order chi connectivity index (χ1) is 9.72. The first-order valence-electron chi connectivity index (χ1n) is 5.63. The smallest absolute Gasteiger partial charge is 0.337 e. The van der Waals surface area contributed by atoms with Crippen LogP contribution in [0.2, 0.25) is 0 Å². The van der Waals surface area contributed by atoms with Gasteiger partial charge in [0, 0.05) is 11.1 Å². The monoisotopic (exact) mass is 286 g/mol. The number of carbonyl (C=O) groups is 1. The van der Waals surface area contributed by atoms with Gasteiger partial charge in [-0.05, 0) is 36.4 Å². The molecule has 0 saturated carbocycles. The van der Waals surface area contributed by atoms with Crippen LogP contribution in [0.4, 0.5) is 5.69 Å². The zero-order valence-corrected chi connectivity index (χ0v) is 11.4. The van der Waals surface area contributed by atoms with Gasteiger partial charge in [-0.3, -0.25) is 0 Å². The highest BCUT2D eigenvalue weighted by molar-refractivity contribution is 7.99. The summed E-state index contributed by atoms with van der Waals surface area (Å²) in [5, 5.41) is 0.680. The van der Waals surface area contributed by atoms with E-state index in [4.69, 9.17) is 0 Å². The van der Waals surface area contributed by atoms with Crippen LogP contribution in [0, 0.1) is 0 Å². The molecule has 0 radical (unpaired) electrons. The molecule has 2 rings (SSSR count). The van der Waals surface area contributed by atoms with E-state index in [9.17, 15) is 9.59 Å². The number of nitrogens with zero attached hydrogens (tertiary/aromatic N) is 2. The molecule has 20 heavy (non-hydrogen) atoms. The van der Waals surface area contributed by atoms with E-state index in [1.807, 2.05) is 12.1 Å². The number of esters is 1. The highest BCUT2D eigenvalue weighted by atomic mass is 32.2. The Balaban J connectivity index is 2.17. The molecule has 5 nitrogen and oxygen atoms in total. The van der Waals surface area contributed by atoms with Crippen LogP contribution in [0.25, 0.3) is 0 Å². The van der Waals surface area contributed by atoms with E-state index >= 15 is 0 Å². The molecule has 1 aromatic heterocycles. The minimum Gasteiger partial charge on any atom is -0.465 e. The molecular formula is C14H10N2O3S. The Hall–Kier alpha value is -2.43. The number of isocyanates is 1. The lowest BCUT2D eigenvalue weighted by molar-refractivity contribution is 0.0600. The van der Waals surface area contributed by atoms with E-state index in [0.29, 0.717) is 16.3 Å². The molecule has 1 heterocycles. The molecule has 0 amide bonds. The van der Waals surface area contributed by atoms with Gasteiger partial charge in [-0.1, -0.05) is 11.8 Å². The van der Waals surface area contributed by atoms with Gasteiger partial charge < -0.3 is 4.74 Å².